The van der Waals surface area contributed by atoms with Crippen LogP contribution in [0, 0.1) is 0 Å². The van der Waals surface area contributed by atoms with Crippen molar-refractivity contribution >= 4 is 11.6 Å². The largest absolute Gasteiger partial charge is 0.396 e. The summed E-state index contributed by atoms with van der Waals surface area (Å²) in [5.74, 6) is 0.0453. The Kier molecular flexibility index (Phi) is 4.73. The highest BCUT2D eigenvalue weighted by atomic mass is 16.2. The van der Waals surface area contributed by atoms with Crippen molar-refractivity contribution in [3.05, 3.63) is 29.8 Å². The summed E-state index contributed by atoms with van der Waals surface area (Å²) in [7, 11) is 0. The molecule has 0 saturated heterocycles. The molecular weight excluding hydrogens is 228 g/mol. The van der Waals surface area contributed by atoms with Gasteiger partial charge in [0.2, 0.25) is 5.91 Å². The molecule has 1 atom stereocenters. The van der Waals surface area contributed by atoms with Crippen LogP contribution in [-0.4, -0.2) is 30.2 Å². The first kappa shape index (κ1) is 13.1. The molecule has 1 amide bonds. The fraction of sp³-hybridized carbons (Fsp3) is 0.500. The van der Waals surface area contributed by atoms with Crippen molar-refractivity contribution < 1.29 is 9.90 Å². The molecule has 0 spiro atoms. The Morgan fingerprint density at radius 3 is 3.00 bits per heavy atom. The molecule has 3 N–H and O–H groups in total. The maximum Gasteiger partial charge on any atom is 0.241 e. The zero-order chi connectivity index (χ0) is 12.8. The van der Waals surface area contributed by atoms with E-state index >= 15 is 0 Å². The topological polar surface area (TPSA) is 61.4 Å². The Bertz CT molecular complexity index is 407. The van der Waals surface area contributed by atoms with Crippen LogP contribution in [0.25, 0.3) is 0 Å². The quantitative estimate of drug-likeness (QED) is 0.688. The number of para-hydroxylation sites is 1. The molecule has 0 radical (unpaired) electrons. The smallest absolute Gasteiger partial charge is 0.241 e. The van der Waals surface area contributed by atoms with Crippen LogP contribution in [-0.2, 0) is 11.2 Å². The standard InChI is InChI=1S/C14H20N2O2/c17-10-4-3-9-15-13-8-7-11-5-1-2-6-12(11)16-14(13)18/h1-2,5-6,13,15,17H,3-4,7-10H2,(H,16,18). The molecule has 98 valence electrons. The number of anilines is 1. The lowest BCUT2D eigenvalue weighted by molar-refractivity contribution is -0.118. The number of aliphatic hydroxyl groups is 1. The van der Waals surface area contributed by atoms with Gasteiger partial charge < -0.3 is 15.7 Å². The number of benzene rings is 1. The third-order valence-corrected chi connectivity index (χ3v) is 3.27. The minimum absolute atomic E-state index is 0.0453. The van der Waals surface area contributed by atoms with E-state index in [1.807, 2.05) is 18.2 Å². The molecule has 4 nitrogen and oxygen atoms in total. The molecule has 0 aromatic heterocycles. The van der Waals surface area contributed by atoms with Gasteiger partial charge in [-0.05, 0) is 43.9 Å². The van der Waals surface area contributed by atoms with Gasteiger partial charge in [-0.15, -0.1) is 0 Å². The molecule has 1 heterocycles. The van der Waals surface area contributed by atoms with E-state index in [4.69, 9.17) is 5.11 Å². The van der Waals surface area contributed by atoms with Crippen LogP contribution in [0.5, 0.6) is 0 Å². The van der Waals surface area contributed by atoms with Gasteiger partial charge in [-0.2, -0.15) is 0 Å². The predicted octanol–water partition coefficient (Wildman–Crippen LogP) is 1.30. The molecule has 18 heavy (non-hydrogen) atoms. The number of carbonyl (C=O) groups is 1. The molecule has 1 unspecified atom stereocenters. The molecule has 4 heteroatoms. The molecule has 0 aliphatic carbocycles. The van der Waals surface area contributed by atoms with Gasteiger partial charge in [0.15, 0.2) is 0 Å². The lowest BCUT2D eigenvalue weighted by Crippen LogP contribution is -2.40. The van der Waals surface area contributed by atoms with Crippen LogP contribution in [0.2, 0.25) is 0 Å². The summed E-state index contributed by atoms with van der Waals surface area (Å²) in [6, 6.07) is 7.82. The molecule has 2 rings (SSSR count). The highest BCUT2D eigenvalue weighted by molar-refractivity contribution is 5.96. The average molecular weight is 248 g/mol. The summed E-state index contributed by atoms with van der Waals surface area (Å²) < 4.78 is 0. The van der Waals surface area contributed by atoms with Crippen LogP contribution >= 0.6 is 0 Å². The van der Waals surface area contributed by atoms with Crippen molar-refractivity contribution in [3.8, 4) is 0 Å². The summed E-state index contributed by atoms with van der Waals surface area (Å²) in [4.78, 5) is 12.0. The molecule has 0 saturated carbocycles. The lowest BCUT2D eigenvalue weighted by Gasteiger charge is -2.14. The van der Waals surface area contributed by atoms with E-state index in [1.165, 1.54) is 5.56 Å². The van der Waals surface area contributed by atoms with Crippen molar-refractivity contribution in [2.75, 3.05) is 18.5 Å². The number of aliphatic hydroxyl groups excluding tert-OH is 1. The number of hydrogen-bond donors (Lipinski definition) is 3. The number of amides is 1. The van der Waals surface area contributed by atoms with Gasteiger partial charge in [0, 0.05) is 12.3 Å². The zero-order valence-electron chi connectivity index (χ0n) is 10.5. The number of rotatable bonds is 5. The minimum atomic E-state index is -0.129. The SMILES string of the molecule is O=C1Nc2ccccc2CCC1NCCCCO. The summed E-state index contributed by atoms with van der Waals surface area (Å²) in [5.41, 5.74) is 2.13. The number of aryl methyl sites for hydroxylation is 1. The fourth-order valence-corrected chi connectivity index (χ4v) is 2.22. The highest BCUT2D eigenvalue weighted by Gasteiger charge is 2.22. The second-order valence-corrected chi connectivity index (χ2v) is 4.62. The summed E-state index contributed by atoms with van der Waals surface area (Å²) in [6.07, 6.45) is 3.41. The summed E-state index contributed by atoms with van der Waals surface area (Å²) in [6.45, 7) is 0.985. The van der Waals surface area contributed by atoms with Gasteiger partial charge in [-0.1, -0.05) is 18.2 Å². The Hall–Kier alpha value is -1.39. The number of carbonyl (C=O) groups excluding carboxylic acids is 1. The first-order valence-electron chi connectivity index (χ1n) is 6.54. The second kappa shape index (κ2) is 6.52. The van der Waals surface area contributed by atoms with Crippen molar-refractivity contribution in [1.29, 1.82) is 0 Å². The van der Waals surface area contributed by atoms with E-state index in [-0.39, 0.29) is 18.6 Å². The Morgan fingerprint density at radius 1 is 1.33 bits per heavy atom. The van der Waals surface area contributed by atoms with E-state index in [2.05, 4.69) is 16.7 Å². The van der Waals surface area contributed by atoms with Crippen molar-refractivity contribution in [2.45, 2.75) is 31.7 Å². The molecular formula is C14H20N2O2. The lowest BCUT2D eigenvalue weighted by atomic mass is 10.1. The monoisotopic (exact) mass is 248 g/mol. The van der Waals surface area contributed by atoms with Gasteiger partial charge in [-0.25, -0.2) is 0 Å². The maximum absolute atomic E-state index is 12.0. The Morgan fingerprint density at radius 2 is 2.17 bits per heavy atom. The Balaban J connectivity index is 1.91. The van der Waals surface area contributed by atoms with Gasteiger partial charge >= 0.3 is 0 Å². The van der Waals surface area contributed by atoms with E-state index < -0.39 is 0 Å². The first-order valence-corrected chi connectivity index (χ1v) is 6.54. The number of fused-ring (bicyclic) bond motifs is 1. The van der Waals surface area contributed by atoms with Crippen molar-refractivity contribution in [2.24, 2.45) is 0 Å². The molecule has 1 aliphatic rings. The predicted molar refractivity (Wildman–Crippen MR) is 71.5 cm³/mol. The van der Waals surface area contributed by atoms with Crippen LogP contribution < -0.4 is 10.6 Å². The maximum atomic E-state index is 12.0. The van der Waals surface area contributed by atoms with Crippen molar-refractivity contribution in [1.82, 2.24) is 5.32 Å². The Labute approximate surface area is 107 Å². The number of unbranched alkanes of at least 4 members (excludes halogenated alkanes) is 1. The molecule has 0 fully saturated rings. The van der Waals surface area contributed by atoms with Gasteiger partial charge in [0.1, 0.15) is 0 Å². The second-order valence-electron chi connectivity index (χ2n) is 4.62. The highest BCUT2D eigenvalue weighted by Crippen LogP contribution is 2.21. The van der Waals surface area contributed by atoms with Crippen LogP contribution in [0.3, 0.4) is 0 Å². The normalized spacial score (nSPS) is 18.9. The molecule has 1 aromatic carbocycles. The van der Waals surface area contributed by atoms with Gasteiger partial charge in [0.05, 0.1) is 6.04 Å². The van der Waals surface area contributed by atoms with Crippen LogP contribution in [0.1, 0.15) is 24.8 Å². The van der Waals surface area contributed by atoms with Gasteiger partial charge in [0.25, 0.3) is 0 Å². The van der Waals surface area contributed by atoms with Gasteiger partial charge in [-0.3, -0.25) is 4.79 Å². The third kappa shape index (κ3) is 3.31. The molecule has 1 aliphatic heterocycles. The average Bonchev–Trinajstić information content (AvgIpc) is 2.54. The number of hydrogen-bond acceptors (Lipinski definition) is 3. The zero-order valence-corrected chi connectivity index (χ0v) is 10.5. The first-order chi connectivity index (χ1) is 8.81. The third-order valence-electron chi connectivity index (χ3n) is 3.27. The van der Waals surface area contributed by atoms with Crippen LogP contribution in [0.4, 0.5) is 5.69 Å². The van der Waals surface area contributed by atoms with E-state index in [1.54, 1.807) is 0 Å². The van der Waals surface area contributed by atoms with E-state index in [0.29, 0.717) is 0 Å². The minimum Gasteiger partial charge on any atom is -0.396 e. The van der Waals surface area contributed by atoms with Crippen LogP contribution in [0.15, 0.2) is 24.3 Å². The molecule has 1 aromatic rings. The van der Waals surface area contributed by atoms with Crippen molar-refractivity contribution in [3.63, 3.8) is 0 Å². The van der Waals surface area contributed by atoms with E-state index in [0.717, 1.165) is 37.9 Å². The number of nitrogens with one attached hydrogen (secondary N) is 2. The summed E-state index contributed by atoms with van der Waals surface area (Å²) >= 11 is 0. The summed E-state index contributed by atoms with van der Waals surface area (Å²) in [5, 5.41) is 14.9. The fourth-order valence-electron chi connectivity index (χ4n) is 2.22. The molecule has 0 bridgehead atoms. The van der Waals surface area contributed by atoms with E-state index in [9.17, 15) is 4.79 Å².